The van der Waals surface area contributed by atoms with Crippen molar-refractivity contribution in [2.45, 2.75) is 128 Å². The third kappa shape index (κ3) is 14.0. The van der Waals surface area contributed by atoms with Crippen LogP contribution in [0, 0.1) is 0 Å². The van der Waals surface area contributed by atoms with E-state index in [2.05, 4.69) is 6.92 Å². The Morgan fingerprint density at radius 2 is 1.13 bits per heavy atom. The number of hydrogen-bond acceptors (Lipinski definition) is 4. The van der Waals surface area contributed by atoms with Gasteiger partial charge in [0.05, 0.1) is 11.4 Å². The van der Waals surface area contributed by atoms with Gasteiger partial charge in [0.1, 0.15) is 0 Å². The second kappa shape index (κ2) is 17.6. The molecular formula is C26H49NO3S. The molecule has 0 aliphatic heterocycles. The van der Waals surface area contributed by atoms with E-state index in [0.29, 0.717) is 6.42 Å². The fourth-order valence-corrected chi connectivity index (χ4v) is 4.75. The van der Waals surface area contributed by atoms with Gasteiger partial charge in [0.15, 0.2) is 0 Å². The van der Waals surface area contributed by atoms with Crippen LogP contribution >= 0.6 is 0 Å². The molecule has 0 unspecified atom stereocenters. The Morgan fingerprint density at radius 1 is 0.710 bits per heavy atom. The van der Waals surface area contributed by atoms with Gasteiger partial charge in [-0.15, -0.1) is 0 Å². The van der Waals surface area contributed by atoms with Crippen LogP contribution in [0.5, 0.6) is 0 Å². The average molecular weight is 456 g/mol. The molecule has 3 N–H and O–H groups in total. The van der Waals surface area contributed by atoms with Crippen molar-refractivity contribution in [1.82, 2.24) is 6.15 Å². The lowest BCUT2D eigenvalue weighted by molar-refractivity contribution is 0.288. The molecule has 0 aromatic heterocycles. The van der Waals surface area contributed by atoms with Crippen molar-refractivity contribution in [3.63, 3.8) is 0 Å². The summed E-state index contributed by atoms with van der Waals surface area (Å²) in [5.74, 6) is 0. The third-order valence-electron chi connectivity index (χ3n) is 6.03. The van der Waals surface area contributed by atoms with Crippen LogP contribution in [0.2, 0.25) is 0 Å². The first kappa shape index (κ1) is 30.1. The van der Waals surface area contributed by atoms with E-state index in [1.165, 1.54) is 77.0 Å². The van der Waals surface area contributed by atoms with E-state index >= 15 is 0 Å². The molecule has 1 aromatic carbocycles. The lowest BCUT2D eigenvalue weighted by atomic mass is 10.0. The van der Waals surface area contributed by atoms with Gasteiger partial charge in [-0.05, 0) is 25.8 Å². The molecule has 0 radical (unpaired) electrons. The molecule has 0 saturated heterocycles. The molecule has 0 fully saturated rings. The molecule has 0 saturated carbocycles. The number of unbranched alkanes of at least 4 members (excludes halogenated alkanes) is 13. The summed E-state index contributed by atoms with van der Waals surface area (Å²) >= 11 is 0. The highest BCUT2D eigenvalue weighted by Crippen LogP contribution is 2.26. The lowest BCUT2D eigenvalue weighted by Crippen LogP contribution is -2.33. The zero-order valence-corrected chi connectivity index (χ0v) is 21.4. The maximum absolute atomic E-state index is 12.6. The van der Waals surface area contributed by atoms with Gasteiger partial charge in [0.2, 0.25) is 0 Å². The first-order valence-electron chi connectivity index (χ1n) is 12.3. The second-order valence-electron chi connectivity index (χ2n) is 9.31. The second-order valence-corrected chi connectivity index (χ2v) is 11.6. The van der Waals surface area contributed by atoms with Crippen LogP contribution in [0.1, 0.15) is 123 Å². The predicted molar refractivity (Wildman–Crippen MR) is 134 cm³/mol. The van der Waals surface area contributed by atoms with Gasteiger partial charge in [-0.3, -0.25) is 4.18 Å². The van der Waals surface area contributed by atoms with Crippen LogP contribution in [0.25, 0.3) is 0 Å². The molecule has 4 nitrogen and oxygen atoms in total. The molecule has 0 spiro atoms. The molecular weight excluding hydrogens is 406 g/mol. The Hall–Kier alpha value is -0.910. The van der Waals surface area contributed by atoms with E-state index in [9.17, 15) is 8.42 Å². The summed E-state index contributed by atoms with van der Waals surface area (Å²) in [6.45, 7) is 5.96. The summed E-state index contributed by atoms with van der Waals surface area (Å²) in [6, 6.07) is 9.47. The number of benzene rings is 1. The Morgan fingerprint density at radius 3 is 1.58 bits per heavy atom. The monoisotopic (exact) mass is 455 g/mol. The fraction of sp³-hybridized carbons (Fsp3) is 0.769. The van der Waals surface area contributed by atoms with Crippen molar-refractivity contribution >= 4 is 10.1 Å². The Balaban J connectivity index is 0.00000900. The molecule has 31 heavy (non-hydrogen) atoms. The SMILES string of the molecule is CCCCCCCCCCCCCCCCC(C)(C)S(=O)(=O)OCc1ccccc1.N. The molecule has 0 aliphatic rings. The van der Waals surface area contributed by atoms with Crippen molar-refractivity contribution in [3.05, 3.63) is 35.9 Å². The van der Waals surface area contributed by atoms with Gasteiger partial charge < -0.3 is 6.15 Å². The largest absolute Gasteiger partial charge is 0.344 e. The smallest absolute Gasteiger partial charge is 0.272 e. The minimum Gasteiger partial charge on any atom is -0.344 e. The maximum atomic E-state index is 12.6. The lowest BCUT2D eigenvalue weighted by Gasteiger charge is -2.24. The summed E-state index contributed by atoms with van der Waals surface area (Å²) in [5.41, 5.74) is 0.883. The normalized spacial score (nSPS) is 12.0. The van der Waals surface area contributed by atoms with Crippen molar-refractivity contribution in [1.29, 1.82) is 0 Å². The summed E-state index contributed by atoms with van der Waals surface area (Å²) in [7, 11) is -3.58. The average Bonchev–Trinajstić information content (AvgIpc) is 2.73. The standard InChI is InChI=1S/C26H46O3S.H3N/c1-4-5-6-7-8-9-10-11-12-13-14-15-16-20-23-26(2,3)30(27,28)29-24-25-21-18-17-19-22-25;/h17-19,21-22H,4-16,20,23-24H2,1-3H3;1H3. The zero-order chi connectivity index (χ0) is 22.1. The van der Waals surface area contributed by atoms with Crippen LogP contribution < -0.4 is 6.15 Å². The van der Waals surface area contributed by atoms with Crippen LogP contribution in [0.4, 0.5) is 0 Å². The topological polar surface area (TPSA) is 78.4 Å². The minimum atomic E-state index is -3.58. The molecule has 0 bridgehead atoms. The molecule has 1 aromatic rings. The van der Waals surface area contributed by atoms with Crippen LogP contribution in [0.3, 0.4) is 0 Å². The Labute approximate surface area is 193 Å². The molecule has 5 heteroatoms. The summed E-state index contributed by atoms with van der Waals surface area (Å²) in [4.78, 5) is 0. The first-order chi connectivity index (χ1) is 14.4. The minimum absolute atomic E-state index is 0. The predicted octanol–water partition coefficient (Wildman–Crippen LogP) is 8.35. The van der Waals surface area contributed by atoms with Crippen LogP contribution in [-0.2, 0) is 20.9 Å². The van der Waals surface area contributed by atoms with E-state index in [1.54, 1.807) is 13.8 Å². The van der Waals surface area contributed by atoms with E-state index in [1.807, 2.05) is 30.3 Å². The van der Waals surface area contributed by atoms with Gasteiger partial charge >= 0.3 is 0 Å². The highest BCUT2D eigenvalue weighted by atomic mass is 32.2. The molecule has 0 aliphatic carbocycles. The van der Waals surface area contributed by atoms with Gasteiger partial charge in [-0.1, -0.05) is 127 Å². The van der Waals surface area contributed by atoms with Crippen LogP contribution in [-0.4, -0.2) is 13.2 Å². The zero-order valence-electron chi connectivity index (χ0n) is 20.5. The molecule has 0 heterocycles. The third-order valence-corrected chi connectivity index (χ3v) is 8.02. The van der Waals surface area contributed by atoms with Gasteiger partial charge in [0.25, 0.3) is 10.1 Å². The maximum Gasteiger partial charge on any atom is 0.272 e. The Bertz CT molecular complexity index is 629. The highest BCUT2D eigenvalue weighted by molar-refractivity contribution is 7.88. The molecule has 1 rings (SSSR count). The Kier molecular flexibility index (Phi) is 17.1. The molecule has 182 valence electrons. The highest BCUT2D eigenvalue weighted by Gasteiger charge is 2.34. The molecule has 0 atom stereocenters. The quantitative estimate of drug-likeness (QED) is 0.168. The first-order valence-corrected chi connectivity index (χ1v) is 13.7. The fourth-order valence-electron chi connectivity index (χ4n) is 3.75. The van der Waals surface area contributed by atoms with E-state index in [4.69, 9.17) is 4.18 Å². The van der Waals surface area contributed by atoms with Crippen molar-refractivity contribution < 1.29 is 12.6 Å². The van der Waals surface area contributed by atoms with Gasteiger partial charge in [-0.2, -0.15) is 8.42 Å². The van der Waals surface area contributed by atoms with E-state index in [0.717, 1.165) is 18.4 Å². The number of hydrogen-bond donors (Lipinski definition) is 1. The van der Waals surface area contributed by atoms with E-state index < -0.39 is 14.9 Å². The van der Waals surface area contributed by atoms with Gasteiger partial charge in [0, 0.05) is 0 Å². The van der Waals surface area contributed by atoms with E-state index in [-0.39, 0.29) is 12.8 Å². The summed E-state index contributed by atoms with van der Waals surface area (Å²) in [5, 5.41) is 0. The van der Waals surface area contributed by atoms with Crippen molar-refractivity contribution in [2.75, 3.05) is 0 Å². The summed E-state index contributed by atoms with van der Waals surface area (Å²) in [6.07, 6.45) is 19.0. The van der Waals surface area contributed by atoms with Crippen molar-refractivity contribution in [3.8, 4) is 0 Å². The number of rotatable bonds is 19. The summed E-state index contributed by atoms with van der Waals surface area (Å²) < 4.78 is 29.6. The van der Waals surface area contributed by atoms with Crippen molar-refractivity contribution in [2.24, 2.45) is 0 Å². The van der Waals surface area contributed by atoms with Gasteiger partial charge in [-0.25, -0.2) is 0 Å². The van der Waals surface area contributed by atoms with Crippen LogP contribution in [0.15, 0.2) is 30.3 Å². The molecule has 0 amide bonds.